The minimum atomic E-state index is -0.669. The van der Waals surface area contributed by atoms with Gasteiger partial charge in [-0.15, -0.1) is 5.10 Å². The number of aromatic nitrogens is 3. The molecule has 0 radical (unpaired) electrons. The van der Waals surface area contributed by atoms with Gasteiger partial charge in [0.15, 0.2) is 12.4 Å². The summed E-state index contributed by atoms with van der Waals surface area (Å²) >= 11 is 0. The molecule has 26 heavy (non-hydrogen) atoms. The molecule has 3 aromatic rings. The molecule has 3 rings (SSSR count). The highest BCUT2D eigenvalue weighted by atomic mass is 16.5. The van der Waals surface area contributed by atoms with Crippen molar-refractivity contribution in [1.29, 1.82) is 0 Å². The molecule has 0 aliphatic rings. The smallest absolute Gasteiger partial charge is 0.374 e. The molecule has 134 valence electrons. The molecule has 0 fully saturated rings. The van der Waals surface area contributed by atoms with E-state index in [9.17, 15) is 9.59 Å². The van der Waals surface area contributed by atoms with Gasteiger partial charge in [0.25, 0.3) is 0 Å². The molecule has 0 aliphatic heterocycles. The minimum absolute atomic E-state index is 0.0639. The van der Waals surface area contributed by atoms with Gasteiger partial charge in [0.1, 0.15) is 0 Å². The summed E-state index contributed by atoms with van der Waals surface area (Å²) < 4.78 is 11.6. The number of ether oxygens (including phenoxy) is 1. The molecular weight excluding hydrogens is 334 g/mol. The number of hydrogen-bond acceptors (Lipinski definition) is 6. The predicted molar refractivity (Wildman–Crippen MR) is 93.4 cm³/mol. The summed E-state index contributed by atoms with van der Waals surface area (Å²) in [6, 6.07) is 9.97. The summed E-state index contributed by atoms with van der Waals surface area (Å²) in [6.45, 7) is 5.88. The fraction of sp³-hybridized carbons (Fsp3) is 0.263. The lowest BCUT2D eigenvalue weighted by Crippen LogP contribution is -2.17. The topological polar surface area (TPSA) is 87.2 Å². The third-order valence-electron chi connectivity index (χ3n) is 3.81. The zero-order valence-corrected chi connectivity index (χ0v) is 14.8. The lowest BCUT2D eigenvalue weighted by atomic mass is 9.92. The van der Waals surface area contributed by atoms with Crippen molar-refractivity contribution in [2.75, 3.05) is 6.61 Å². The molecule has 0 saturated carbocycles. The average Bonchev–Trinajstić information content (AvgIpc) is 3.30. The van der Waals surface area contributed by atoms with E-state index in [1.165, 1.54) is 12.3 Å². The number of hydrogen-bond donors (Lipinski definition) is 0. The van der Waals surface area contributed by atoms with Crippen LogP contribution in [0.5, 0.6) is 0 Å². The molecular formula is C19H19N3O4. The van der Waals surface area contributed by atoms with Crippen LogP contribution in [0.1, 0.15) is 47.4 Å². The monoisotopic (exact) mass is 353 g/mol. The predicted octanol–water partition coefficient (Wildman–Crippen LogP) is 3.20. The molecule has 0 aliphatic carbocycles. The molecule has 2 heterocycles. The number of esters is 1. The van der Waals surface area contributed by atoms with Crippen LogP contribution in [-0.4, -0.2) is 33.4 Å². The molecule has 0 atom stereocenters. The Labute approximate surface area is 150 Å². The first-order valence-corrected chi connectivity index (χ1v) is 8.12. The highest BCUT2D eigenvalue weighted by molar-refractivity contribution is 5.99. The van der Waals surface area contributed by atoms with Crippen molar-refractivity contribution < 1.29 is 18.7 Å². The van der Waals surface area contributed by atoms with E-state index in [0.29, 0.717) is 5.56 Å². The summed E-state index contributed by atoms with van der Waals surface area (Å²) in [5, 5.41) is 8.09. The Hall–Kier alpha value is -3.22. The lowest BCUT2D eigenvalue weighted by Gasteiger charge is -2.19. The van der Waals surface area contributed by atoms with E-state index >= 15 is 0 Å². The van der Waals surface area contributed by atoms with Gasteiger partial charge in [-0.25, -0.2) is 9.48 Å². The van der Waals surface area contributed by atoms with E-state index in [2.05, 4.69) is 31.1 Å². The number of carbonyl (C=O) groups is 2. The molecule has 0 unspecified atom stereocenters. The quantitative estimate of drug-likeness (QED) is 0.517. The largest absolute Gasteiger partial charge is 0.457 e. The lowest BCUT2D eigenvalue weighted by molar-refractivity contribution is 0.0444. The summed E-state index contributed by atoms with van der Waals surface area (Å²) in [7, 11) is 0. The van der Waals surface area contributed by atoms with E-state index in [4.69, 9.17) is 9.15 Å². The third-order valence-corrected chi connectivity index (χ3v) is 3.81. The van der Waals surface area contributed by atoms with E-state index < -0.39 is 5.97 Å². The second-order valence-corrected chi connectivity index (χ2v) is 6.80. The fourth-order valence-corrected chi connectivity index (χ4v) is 2.41. The van der Waals surface area contributed by atoms with Crippen LogP contribution >= 0.6 is 0 Å². The van der Waals surface area contributed by atoms with Gasteiger partial charge in [0.05, 0.1) is 23.8 Å². The second-order valence-electron chi connectivity index (χ2n) is 6.80. The van der Waals surface area contributed by atoms with Gasteiger partial charge >= 0.3 is 5.97 Å². The first-order chi connectivity index (χ1) is 12.4. The highest BCUT2D eigenvalue weighted by Gasteiger charge is 2.21. The van der Waals surface area contributed by atoms with Gasteiger partial charge in [0.2, 0.25) is 5.76 Å². The first kappa shape index (κ1) is 17.6. The Morgan fingerprint density at radius 1 is 1.15 bits per heavy atom. The number of Topliss-reactive ketones (excluding diaryl/α,β-unsaturated/α-hetero) is 1. The zero-order valence-electron chi connectivity index (χ0n) is 14.8. The van der Waals surface area contributed by atoms with Gasteiger partial charge < -0.3 is 9.15 Å². The molecule has 0 saturated heterocycles. The van der Waals surface area contributed by atoms with Crippen molar-refractivity contribution in [3.8, 4) is 5.69 Å². The second kappa shape index (κ2) is 6.95. The number of benzene rings is 1. The van der Waals surface area contributed by atoms with Crippen molar-refractivity contribution in [2.24, 2.45) is 0 Å². The number of rotatable bonds is 5. The Morgan fingerprint density at radius 2 is 1.88 bits per heavy atom. The van der Waals surface area contributed by atoms with Crippen LogP contribution < -0.4 is 0 Å². The van der Waals surface area contributed by atoms with Gasteiger partial charge in [-0.1, -0.05) is 26.0 Å². The van der Waals surface area contributed by atoms with Crippen LogP contribution in [0, 0.1) is 0 Å². The Kier molecular flexibility index (Phi) is 4.71. The zero-order chi connectivity index (χ0) is 18.7. The molecule has 7 heteroatoms. The Morgan fingerprint density at radius 3 is 2.50 bits per heavy atom. The number of nitrogens with zero attached hydrogens (tertiary/aromatic N) is 3. The van der Waals surface area contributed by atoms with Crippen molar-refractivity contribution in [1.82, 2.24) is 15.0 Å². The van der Waals surface area contributed by atoms with Crippen LogP contribution in [0.2, 0.25) is 0 Å². The van der Waals surface area contributed by atoms with Crippen molar-refractivity contribution in [3.63, 3.8) is 0 Å². The minimum Gasteiger partial charge on any atom is -0.457 e. The highest BCUT2D eigenvalue weighted by Crippen LogP contribution is 2.23. The molecule has 2 aromatic heterocycles. The van der Waals surface area contributed by atoms with Gasteiger partial charge in [-0.3, -0.25) is 4.79 Å². The molecule has 0 bridgehead atoms. The van der Waals surface area contributed by atoms with Crippen molar-refractivity contribution in [3.05, 3.63) is 65.9 Å². The van der Waals surface area contributed by atoms with Crippen molar-refractivity contribution >= 4 is 11.8 Å². The maximum atomic E-state index is 12.2. The van der Waals surface area contributed by atoms with Gasteiger partial charge in [-0.05, 0) is 36.4 Å². The molecule has 1 aromatic carbocycles. The van der Waals surface area contributed by atoms with Crippen LogP contribution in [0.25, 0.3) is 5.69 Å². The van der Waals surface area contributed by atoms with Crippen LogP contribution in [0.4, 0.5) is 0 Å². The average molecular weight is 353 g/mol. The van der Waals surface area contributed by atoms with Crippen molar-refractivity contribution in [2.45, 2.75) is 26.2 Å². The normalized spacial score (nSPS) is 11.3. The summed E-state index contributed by atoms with van der Waals surface area (Å²) in [5.74, 6) is -0.905. The maximum Gasteiger partial charge on any atom is 0.374 e. The molecule has 7 nitrogen and oxygen atoms in total. The molecule has 0 amide bonds. The maximum absolute atomic E-state index is 12.2. The number of ketones is 1. The van der Waals surface area contributed by atoms with Crippen LogP contribution in [0.3, 0.4) is 0 Å². The number of carbonyl (C=O) groups excluding carboxylic acids is 2. The molecule has 0 spiro atoms. The van der Waals surface area contributed by atoms with Crippen LogP contribution in [-0.2, 0) is 10.2 Å². The Balaban J connectivity index is 1.69. The molecule has 0 N–H and O–H groups in total. The number of furan rings is 1. The third kappa shape index (κ3) is 3.72. The van der Waals surface area contributed by atoms with E-state index in [0.717, 1.165) is 11.4 Å². The van der Waals surface area contributed by atoms with Gasteiger partial charge in [0, 0.05) is 11.0 Å². The van der Waals surface area contributed by atoms with E-state index in [1.54, 1.807) is 41.2 Å². The SMILES string of the molecule is CC(C)(C)c1cnnn1-c1ccc(C(=O)COC(=O)c2ccco2)cc1. The summed E-state index contributed by atoms with van der Waals surface area (Å²) in [6.07, 6.45) is 3.10. The van der Waals surface area contributed by atoms with Gasteiger partial charge in [-0.2, -0.15) is 0 Å². The standard InChI is InChI=1S/C19H19N3O4/c1-19(2,3)17-11-20-21-22(17)14-8-6-13(7-9-14)15(23)12-26-18(24)16-5-4-10-25-16/h4-11H,12H2,1-3H3. The van der Waals surface area contributed by atoms with Crippen LogP contribution in [0.15, 0.2) is 53.3 Å². The fourth-order valence-electron chi connectivity index (χ4n) is 2.41. The summed E-state index contributed by atoms with van der Waals surface area (Å²) in [5.41, 5.74) is 2.09. The Bertz CT molecular complexity index is 903. The first-order valence-electron chi connectivity index (χ1n) is 8.12. The summed E-state index contributed by atoms with van der Waals surface area (Å²) in [4.78, 5) is 23.9. The van der Waals surface area contributed by atoms with E-state index in [-0.39, 0.29) is 23.6 Å². The van der Waals surface area contributed by atoms with E-state index in [1.807, 2.05) is 0 Å².